The van der Waals surface area contributed by atoms with E-state index in [1.807, 2.05) is 42.5 Å². The first-order valence-corrected chi connectivity index (χ1v) is 18.0. The third kappa shape index (κ3) is 5.21. The second kappa shape index (κ2) is 12.7. The molecule has 0 atom stereocenters. The molecule has 0 aliphatic rings. The molecular formula is C36H27Cl3OP2+2. The van der Waals surface area contributed by atoms with Gasteiger partial charge in [-0.05, 0) is 72.8 Å². The zero-order valence-electron chi connectivity index (χ0n) is 22.5. The van der Waals surface area contributed by atoms with Crippen LogP contribution in [0.4, 0.5) is 0 Å². The predicted octanol–water partition coefficient (Wildman–Crippen LogP) is 8.78. The van der Waals surface area contributed by atoms with Crippen LogP contribution < -0.4 is 31.8 Å². The summed E-state index contributed by atoms with van der Waals surface area (Å²) in [6.07, 6.45) is 0. The highest BCUT2D eigenvalue weighted by molar-refractivity contribution is 8.03. The fraction of sp³-hybridized carbons (Fsp3) is 0. The van der Waals surface area contributed by atoms with Gasteiger partial charge in [0.15, 0.2) is 5.30 Å². The Morgan fingerprint density at radius 3 is 0.976 bits per heavy atom. The van der Waals surface area contributed by atoms with E-state index in [0.29, 0.717) is 15.1 Å². The first-order chi connectivity index (χ1) is 20.6. The Bertz CT molecular complexity index is 1630. The van der Waals surface area contributed by atoms with Crippen molar-refractivity contribution >= 4 is 81.6 Å². The topological polar surface area (TPSA) is 9.23 Å². The van der Waals surface area contributed by atoms with Crippen LogP contribution in [-0.2, 0) is 4.31 Å². The van der Waals surface area contributed by atoms with Gasteiger partial charge in [-0.25, -0.2) is 0 Å². The van der Waals surface area contributed by atoms with Gasteiger partial charge in [-0.2, -0.15) is 0 Å². The van der Waals surface area contributed by atoms with E-state index in [1.165, 1.54) is 0 Å². The molecule has 6 heteroatoms. The SMILES string of the molecule is Clc1ccc([P+](O[P+](c2ccccc2)(c2ccccc2)c2ccccc2)(c2ccccc2)c2ccccc2)c(Cl)c1Cl. The minimum Gasteiger partial charge on any atom is -0.0827 e. The number of hydrogen-bond donors (Lipinski definition) is 0. The second-order valence-electron chi connectivity index (χ2n) is 9.67. The van der Waals surface area contributed by atoms with Gasteiger partial charge in [0.1, 0.15) is 31.5 Å². The zero-order valence-corrected chi connectivity index (χ0v) is 26.6. The fourth-order valence-electron chi connectivity index (χ4n) is 5.29. The summed E-state index contributed by atoms with van der Waals surface area (Å²) in [7, 11) is -5.78. The first kappa shape index (κ1) is 29.1. The summed E-state index contributed by atoms with van der Waals surface area (Å²) in [5.74, 6) is 0. The highest BCUT2D eigenvalue weighted by Crippen LogP contribution is 2.73. The lowest BCUT2D eigenvalue weighted by Crippen LogP contribution is -2.40. The van der Waals surface area contributed by atoms with Crippen molar-refractivity contribution in [3.8, 4) is 0 Å². The van der Waals surface area contributed by atoms with Crippen LogP contribution >= 0.6 is 49.8 Å². The summed E-state index contributed by atoms with van der Waals surface area (Å²) >= 11 is 20.5. The maximum absolute atomic E-state index is 8.15. The highest BCUT2D eigenvalue weighted by Gasteiger charge is 2.64. The zero-order chi connectivity index (χ0) is 29.0. The summed E-state index contributed by atoms with van der Waals surface area (Å²) < 4.78 is 8.15. The van der Waals surface area contributed by atoms with Crippen molar-refractivity contribution in [2.45, 2.75) is 0 Å². The van der Waals surface area contributed by atoms with Gasteiger partial charge in [0.2, 0.25) is 0 Å². The summed E-state index contributed by atoms with van der Waals surface area (Å²) in [5.41, 5.74) is 0. The minimum atomic E-state index is -2.98. The molecule has 0 unspecified atom stereocenters. The Labute approximate surface area is 263 Å². The van der Waals surface area contributed by atoms with E-state index in [4.69, 9.17) is 39.1 Å². The Morgan fingerprint density at radius 2 is 0.643 bits per heavy atom. The Morgan fingerprint density at radius 1 is 0.333 bits per heavy atom. The number of hydrogen-bond acceptors (Lipinski definition) is 1. The van der Waals surface area contributed by atoms with Gasteiger partial charge in [-0.1, -0.05) is 130 Å². The molecule has 6 aromatic carbocycles. The molecule has 0 radical (unpaired) electrons. The van der Waals surface area contributed by atoms with E-state index >= 15 is 0 Å². The lowest BCUT2D eigenvalue weighted by Gasteiger charge is -2.32. The molecule has 1 nitrogen and oxygen atoms in total. The molecule has 0 bridgehead atoms. The van der Waals surface area contributed by atoms with E-state index in [9.17, 15) is 0 Å². The molecule has 0 fully saturated rings. The van der Waals surface area contributed by atoms with Crippen molar-refractivity contribution in [3.63, 3.8) is 0 Å². The standard InChI is InChI=1S/C36H27Cl3OP2/c37-33-26-27-34(36(39)35(33)38)42(31-22-12-4-13-23-31,32-24-14-5-15-25-32)40-41(28-16-6-1-7-17-28,29-18-8-2-9-19-29)30-20-10-3-11-21-30/h1-27H/q+2. The Kier molecular flexibility index (Phi) is 8.80. The van der Waals surface area contributed by atoms with E-state index in [-0.39, 0.29) is 0 Å². The fourth-order valence-corrected chi connectivity index (χ4v) is 15.3. The molecule has 0 heterocycles. The molecule has 0 aromatic heterocycles. The van der Waals surface area contributed by atoms with Crippen LogP contribution in [0, 0.1) is 0 Å². The summed E-state index contributed by atoms with van der Waals surface area (Å²) in [6.45, 7) is 0. The first-order valence-electron chi connectivity index (χ1n) is 13.5. The van der Waals surface area contributed by atoms with E-state index < -0.39 is 15.0 Å². The van der Waals surface area contributed by atoms with Crippen molar-refractivity contribution in [2.24, 2.45) is 0 Å². The largest absolute Gasteiger partial charge is 0.293 e. The molecule has 206 valence electrons. The van der Waals surface area contributed by atoms with Crippen LogP contribution in [0.3, 0.4) is 0 Å². The lowest BCUT2D eigenvalue weighted by molar-refractivity contribution is 0.697. The van der Waals surface area contributed by atoms with E-state index in [1.54, 1.807) is 0 Å². The van der Waals surface area contributed by atoms with Gasteiger partial charge in [-0.15, -0.1) is 0 Å². The van der Waals surface area contributed by atoms with Crippen molar-refractivity contribution in [3.05, 3.63) is 179 Å². The van der Waals surface area contributed by atoms with Crippen LogP contribution in [0.15, 0.2) is 164 Å². The van der Waals surface area contributed by atoms with Crippen molar-refractivity contribution in [1.29, 1.82) is 0 Å². The average molecular weight is 644 g/mol. The molecule has 0 N–H and O–H groups in total. The quantitative estimate of drug-likeness (QED) is 0.119. The molecule has 0 spiro atoms. The normalized spacial score (nSPS) is 11.8. The van der Waals surface area contributed by atoms with Crippen molar-refractivity contribution in [2.75, 3.05) is 0 Å². The predicted molar refractivity (Wildman–Crippen MR) is 186 cm³/mol. The summed E-state index contributed by atoms with van der Waals surface area (Å²) in [4.78, 5) is 0. The molecule has 6 aromatic rings. The minimum absolute atomic E-state index is 0.318. The van der Waals surface area contributed by atoms with Gasteiger partial charge in [-0.3, -0.25) is 0 Å². The molecule has 0 aliphatic carbocycles. The molecule has 0 aliphatic heterocycles. The van der Waals surface area contributed by atoms with Crippen LogP contribution in [0.5, 0.6) is 0 Å². The molecule has 42 heavy (non-hydrogen) atoms. The van der Waals surface area contributed by atoms with Gasteiger partial charge in [0.05, 0.1) is 10.0 Å². The Hall–Kier alpha value is -2.99. The summed E-state index contributed by atoms with van der Waals surface area (Å²) in [6, 6.07) is 56.3. The monoisotopic (exact) mass is 642 g/mol. The molecule has 0 saturated heterocycles. The van der Waals surface area contributed by atoms with Gasteiger partial charge in [0, 0.05) is 0 Å². The third-order valence-electron chi connectivity index (χ3n) is 7.20. The average Bonchev–Trinajstić information content (AvgIpc) is 3.07. The van der Waals surface area contributed by atoms with Crippen molar-refractivity contribution in [1.82, 2.24) is 0 Å². The van der Waals surface area contributed by atoms with Gasteiger partial charge < -0.3 is 0 Å². The number of halogens is 3. The van der Waals surface area contributed by atoms with Crippen LogP contribution in [-0.4, -0.2) is 0 Å². The Balaban J connectivity index is 1.80. The van der Waals surface area contributed by atoms with Gasteiger partial charge in [0.25, 0.3) is 15.0 Å². The highest BCUT2D eigenvalue weighted by atomic mass is 35.5. The molecule has 6 rings (SSSR count). The van der Waals surface area contributed by atoms with Gasteiger partial charge >= 0.3 is 0 Å². The summed E-state index contributed by atoms with van der Waals surface area (Å²) in [5, 5.41) is 7.33. The van der Waals surface area contributed by atoms with E-state index in [0.717, 1.165) is 31.8 Å². The van der Waals surface area contributed by atoms with E-state index in [2.05, 4.69) is 121 Å². The lowest BCUT2D eigenvalue weighted by atomic mass is 10.3. The van der Waals surface area contributed by atoms with Crippen LogP contribution in [0.25, 0.3) is 0 Å². The molecule has 0 saturated carbocycles. The molecule has 0 amide bonds. The third-order valence-corrected chi connectivity index (χ3v) is 16.8. The smallest absolute Gasteiger partial charge is 0.0827 e. The number of rotatable bonds is 8. The van der Waals surface area contributed by atoms with Crippen LogP contribution in [0.1, 0.15) is 0 Å². The van der Waals surface area contributed by atoms with Crippen molar-refractivity contribution < 1.29 is 4.31 Å². The van der Waals surface area contributed by atoms with Crippen LogP contribution in [0.2, 0.25) is 15.1 Å². The maximum Gasteiger partial charge on any atom is 0.293 e. The number of benzene rings is 6. The maximum atomic E-state index is 8.15. The molecular weight excluding hydrogens is 617 g/mol. The second-order valence-corrected chi connectivity index (χ2v) is 17.0.